The van der Waals surface area contributed by atoms with Crippen molar-refractivity contribution in [2.45, 2.75) is 0 Å². The minimum absolute atomic E-state index is 0. The number of hydrogen-bond acceptors (Lipinski definition) is 10. The molecule has 0 saturated carbocycles. The third kappa shape index (κ3) is 32.5. The van der Waals surface area contributed by atoms with Crippen LogP contribution in [0.5, 0.6) is 0 Å². The molecule has 0 aromatic carbocycles. The number of rotatable bonds is 2. The van der Waals surface area contributed by atoms with Crippen LogP contribution in [0, 0.1) is 0 Å². The van der Waals surface area contributed by atoms with E-state index in [9.17, 15) is 0 Å². The molecule has 13 heavy (non-hydrogen) atoms. The van der Waals surface area contributed by atoms with Crippen molar-refractivity contribution in [1.82, 2.24) is 0 Å². The van der Waals surface area contributed by atoms with Crippen LogP contribution in [0.1, 0.15) is 0 Å². The third-order valence-electron chi connectivity index (χ3n) is 0.167. The quantitative estimate of drug-likeness (QED) is 0.135. The van der Waals surface area contributed by atoms with Crippen LogP contribution in [0.15, 0.2) is 0 Å². The normalized spacial score (nSPS) is 10.8. The van der Waals surface area contributed by atoms with E-state index in [1.807, 2.05) is 0 Å². The van der Waals surface area contributed by atoms with E-state index < -0.39 is 20.8 Å². The predicted molar refractivity (Wildman–Crippen MR) is 27.3 cm³/mol. The summed E-state index contributed by atoms with van der Waals surface area (Å²) in [6.45, 7) is 0. The van der Waals surface area contributed by atoms with Crippen LogP contribution in [-0.4, -0.2) is 53.2 Å². The average Bonchev–Trinajstić information content (AvgIpc) is 1.86. The fourth-order valence-corrected chi connectivity index (χ4v) is 0. The molecule has 80 valence electrons. The maximum absolute atomic E-state index is 8.91. The van der Waals surface area contributed by atoms with Crippen molar-refractivity contribution in [1.29, 1.82) is 0 Å². The second-order valence-electron chi connectivity index (χ2n) is 0.953. The molecular weight excluding hydrogens is 431 g/mol. The van der Waals surface area contributed by atoms with E-state index in [1.165, 1.54) is 0 Å². The van der Waals surface area contributed by atoms with Gasteiger partial charge in [0.1, 0.15) is 0 Å². The molecule has 0 saturated heterocycles. The van der Waals surface area contributed by atoms with Crippen molar-refractivity contribution in [2.24, 2.45) is 0 Å². The van der Waals surface area contributed by atoms with E-state index in [2.05, 4.69) is 8.67 Å². The Kier molecular flexibility index (Phi) is 11.7. The maximum atomic E-state index is 8.91. The molecule has 0 amide bonds. The van der Waals surface area contributed by atoms with E-state index in [0.29, 0.717) is 0 Å². The second-order valence-corrected chi connectivity index (χ2v) is 2.86. The van der Waals surface area contributed by atoms with Crippen molar-refractivity contribution >= 4 is 48.1 Å². The molecule has 0 spiro atoms. The minimum atomic E-state index is -4.97. The topological polar surface area (TPSA) is 179 Å². The molecule has 0 aliphatic heterocycles. The van der Waals surface area contributed by atoms with Gasteiger partial charge in [-0.3, -0.25) is 0 Å². The molecule has 0 unspecified atom stereocenters. The minimum Gasteiger partial charge on any atom is -0.726 e. The van der Waals surface area contributed by atoms with Gasteiger partial charge in [0.2, 0.25) is 20.8 Å². The summed E-state index contributed by atoms with van der Waals surface area (Å²) < 4.78 is 57.7. The molecule has 0 aliphatic rings. The van der Waals surface area contributed by atoms with E-state index >= 15 is 0 Å². The van der Waals surface area contributed by atoms with Crippen LogP contribution >= 0.6 is 0 Å². The Balaban J connectivity index is -0.000000143. The molecule has 0 heterocycles. The molecule has 0 aliphatic carbocycles. The molecular formula is O10PbS2-4. The fraction of sp³-hybridized carbons (Fsp3) is 0. The van der Waals surface area contributed by atoms with Gasteiger partial charge in [0.25, 0.3) is 0 Å². The molecule has 0 rings (SSSR count). The van der Waals surface area contributed by atoms with Gasteiger partial charge < -0.3 is 28.3 Å². The van der Waals surface area contributed by atoms with Gasteiger partial charge in [-0.2, -0.15) is 0 Å². The Hall–Kier alpha value is 0.582. The largest absolute Gasteiger partial charge is 0.726 e. The van der Waals surface area contributed by atoms with Gasteiger partial charge in [0, 0.05) is 27.3 Å². The third-order valence-corrected chi connectivity index (χ3v) is 0.500. The standard InChI is InChI=1S/2H2O5S.Pb/c2*1-5-6(2,3)4;/h2*1H,(H,2,3,4);/p-4. The summed E-state index contributed by atoms with van der Waals surface area (Å²) in [6.07, 6.45) is 0. The van der Waals surface area contributed by atoms with Gasteiger partial charge >= 0.3 is 0 Å². The van der Waals surface area contributed by atoms with Crippen molar-refractivity contribution in [3.05, 3.63) is 0 Å². The molecule has 0 aromatic heterocycles. The Labute approximate surface area is 93.0 Å². The first-order valence-electron chi connectivity index (χ1n) is 1.67. The van der Waals surface area contributed by atoms with Gasteiger partial charge in [-0.05, 0) is 0 Å². The smallest absolute Gasteiger partial charge is 0.208 e. The first kappa shape index (κ1) is 19.2. The first-order valence-corrected chi connectivity index (χ1v) is 4.33. The molecule has 0 atom stereocenters. The Morgan fingerprint density at radius 1 is 0.769 bits per heavy atom. The summed E-state index contributed by atoms with van der Waals surface area (Å²) in [7, 11) is -9.94. The monoisotopic (exact) mass is 432 g/mol. The van der Waals surface area contributed by atoms with Crippen molar-refractivity contribution in [3.63, 3.8) is 0 Å². The van der Waals surface area contributed by atoms with Gasteiger partial charge in [0.05, 0.1) is 0 Å². The van der Waals surface area contributed by atoms with Crippen LogP contribution in [0.3, 0.4) is 0 Å². The van der Waals surface area contributed by atoms with E-state index in [-0.39, 0.29) is 27.3 Å². The molecule has 0 aromatic rings. The van der Waals surface area contributed by atoms with Crippen LogP contribution < -0.4 is 10.5 Å². The summed E-state index contributed by atoms with van der Waals surface area (Å²) in [5.74, 6) is 0. The summed E-state index contributed by atoms with van der Waals surface area (Å²) >= 11 is 0. The van der Waals surface area contributed by atoms with Gasteiger partial charge in [-0.1, -0.05) is 0 Å². The molecule has 0 fully saturated rings. The SMILES string of the molecule is O=S(=O)([O-])O[O-].O=S(=O)([O-])O[O-].[Pb]. The zero-order valence-corrected chi connectivity index (χ0v) is 10.9. The summed E-state index contributed by atoms with van der Waals surface area (Å²) in [5.41, 5.74) is 0. The van der Waals surface area contributed by atoms with Crippen LogP contribution in [0.4, 0.5) is 0 Å². The molecule has 10 nitrogen and oxygen atoms in total. The Morgan fingerprint density at radius 2 is 0.846 bits per heavy atom. The van der Waals surface area contributed by atoms with Crippen LogP contribution in [0.2, 0.25) is 0 Å². The second kappa shape index (κ2) is 7.94. The zero-order valence-electron chi connectivity index (χ0n) is 5.40. The molecule has 4 radical (unpaired) electrons. The van der Waals surface area contributed by atoms with Gasteiger partial charge in [-0.15, -0.1) is 0 Å². The van der Waals surface area contributed by atoms with Crippen LogP contribution in [-0.2, 0) is 29.5 Å². The van der Waals surface area contributed by atoms with Gasteiger partial charge in [0.15, 0.2) is 0 Å². The summed E-state index contributed by atoms with van der Waals surface area (Å²) in [4.78, 5) is 0. The maximum Gasteiger partial charge on any atom is 0.208 e. The number of hydrogen-bond donors (Lipinski definition) is 0. The Bertz CT molecular complexity index is 249. The van der Waals surface area contributed by atoms with E-state index in [0.717, 1.165) is 0 Å². The van der Waals surface area contributed by atoms with Gasteiger partial charge in [-0.25, -0.2) is 16.8 Å². The summed E-state index contributed by atoms with van der Waals surface area (Å²) in [6, 6.07) is 0. The van der Waals surface area contributed by atoms with E-state index in [4.69, 9.17) is 36.5 Å². The predicted octanol–water partition coefficient (Wildman–Crippen LogP) is -4.90. The van der Waals surface area contributed by atoms with E-state index in [1.54, 1.807) is 0 Å². The van der Waals surface area contributed by atoms with Crippen molar-refractivity contribution in [3.8, 4) is 0 Å². The molecule has 0 N–H and O–H groups in total. The Morgan fingerprint density at radius 3 is 0.846 bits per heavy atom. The average molecular weight is 431 g/mol. The van der Waals surface area contributed by atoms with Crippen LogP contribution in [0.25, 0.3) is 0 Å². The van der Waals surface area contributed by atoms with Crippen molar-refractivity contribution in [2.75, 3.05) is 0 Å². The summed E-state index contributed by atoms with van der Waals surface area (Å²) in [5, 5.41) is 17.1. The van der Waals surface area contributed by atoms with Crippen molar-refractivity contribution < 1.29 is 45.1 Å². The molecule has 0 bridgehead atoms. The molecule has 13 heteroatoms. The first-order chi connectivity index (χ1) is 5.12. The zero-order chi connectivity index (χ0) is 10.4. The fourth-order valence-electron chi connectivity index (χ4n) is 0.